The molecule has 0 aromatic carbocycles. The molecule has 0 spiro atoms. The van der Waals surface area contributed by atoms with Crippen LogP contribution in [0.2, 0.25) is 0 Å². The first-order valence-corrected chi connectivity index (χ1v) is 9.88. The molecule has 8 heteroatoms. The highest BCUT2D eigenvalue weighted by molar-refractivity contribution is 5.65. The first-order valence-electron chi connectivity index (χ1n) is 9.88. The number of ether oxygens (including phenoxy) is 2. The highest BCUT2D eigenvalue weighted by atomic mass is 16.5. The topological polar surface area (TPSA) is 117 Å². The van der Waals surface area contributed by atoms with Crippen LogP contribution in [0.25, 0.3) is 0 Å². The summed E-state index contributed by atoms with van der Waals surface area (Å²) in [5.41, 5.74) is -0.492. The molecule has 2 amide bonds. The van der Waals surface area contributed by atoms with Gasteiger partial charge < -0.3 is 30.3 Å². The van der Waals surface area contributed by atoms with Crippen LogP contribution in [-0.4, -0.2) is 47.7 Å². The zero-order chi connectivity index (χ0) is 21.1. The highest BCUT2D eigenvalue weighted by Gasteiger charge is 2.30. The van der Waals surface area contributed by atoms with E-state index >= 15 is 0 Å². The molecular formula is C20H36N2O6. The van der Waals surface area contributed by atoms with Crippen LogP contribution < -0.4 is 10.6 Å². The van der Waals surface area contributed by atoms with Crippen LogP contribution in [0.1, 0.15) is 64.2 Å². The summed E-state index contributed by atoms with van der Waals surface area (Å²) in [7, 11) is 0. The van der Waals surface area contributed by atoms with Crippen molar-refractivity contribution in [2.75, 3.05) is 19.8 Å². The molecule has 0 radical (unpaired) electrons. The third-order valence-corrected chi connectivity index (χ3v) is 4.55. The standard InChI is InChI=1S/C20H36N2O6/c1-3-27-16-10-7-13-20(22-19(25)26,14-8-11-17-28-4-2)12-6-5-9-15-21-18(23)24/h3-4,21-22H,1-2,5-17H2,(H,23,24)(H,25,26). The molecule has 0 bridgehead atoms. The van der Waals surface area contributed by atoms with Crippen molar-refractivity contribution < 1.29 is 29.3 Å². The molecule has 0 aromatic rings. The van der Waals surface area contributed by atoms with E-state index in [-0.39, 0.29) is 0 Å². The van der Waals surface area contributed by atoms with Gasteiger partial charge in [-0.1, -0.05) is 26.0 Å². The Labute approximate surface area is 168 Å². The molecule has 0 atom stereocenters. The first kappa shape index (κ1) is 25.6. The summed E-state index contributed by atoms with van der Waals surface area (Å²) in [6.07, 6.45) is 8.71. The van der Waals surface area contributed by atoms with E-state index in [0.717, 1.165) is 64.2 Å². The van der Waals surface area contributed by atoms with E-state index in [1.807, 2.05) is 0 Å². The van der Waals surface area contributed by atoms with Crippen molar-refractivity contribution in [3.63, 3.8) is 0 Å². The summed E-state index contributed by atoms with van der Waals surface area (Å²) in [6.45, 7) is 8.58. The quantitative estimate of drug-likeness (QED) is 0.188. The Bertz CT molecular complexity index is 438. The fraction of sp³-hybridized carbons (Fsp3) is 0.700. The van der Waals surface area contributed by atoms with Crippen molar-refractivity contribution >= 4 is 12.2 Å². The smallest absolute Gasteiger partial charge is 0.405 e. The van der Waals surface area contributed by atoms with Crippen LogP contribution in [0.5, 0.6) is 0 Å². The van der Waals surface area contributed by atoms with E-state index in [9.17, 15) is 14.7 Å². The molecular weight excluding hydrogens is 364 g/mol. The molecule has 0 aromatic heterocycles. The Morgan fingerprint density at radius 1 is 0.786 bits per heavy atom. The molecule has 0 unspecified atom stereocenters. The van der Waals surface area contributed by atoms with Gasteiger partial charge in [0.05, 0.1) is 25.7 Å². The predicted octanol–water partition coefficient (Wildman–Crippen LogP) is 4.48. The summed E-state index contributed by atoms with van der Waals surface area (Å²) in [5.74, 6) is 0. The highest BCUT2D eigenvalue weighted by Crippen LogP contribution is 2.28. The van der Waals surface area contributed by atoms with Gasteiger partial charge in [-0.15, -0.1) is 0 Å². The van der Waals surface area contributed by atoms with E-state index in [4.69, 9.17) is 14.6 Å². The Morgan fingerprint density at radius 3 is 1.71 bits per heavy atom. The number of carbonyl (C=O) groups is 2. The zero-order valence-electron chi connectivity index (χ0n) is 16.8. The van der Waals surface area contributed by atoms with E-state index < -0.39 is 17.7 Å². The van der Waals surface area contributed by atoms with E-state index in [0.29, 0.717) is 19.8 Å². The number of amides is 2. The Hall–Kier alpha value is -2.38. The van der Waals surface area contributed by atoms with Crippen LogP contribution in [0.15, 0.2) is 25.7 Å². The minimum atomic E-state index is -1.02. The molecule has 4 N–H and O–H groups in total. The molecule has 0 rings (SSSR count). The molecule has 0 heterocycles. The van der Waals surface area contributed by atoms with Gasteiger partial charge in [-0.25, -0.2) is 9.59 Å². The third kappa shape index (κ3) is 14.8. The van der Waals surface area contributed by atoms with Crippen molar-refractivity contribution in [3.8, 4) is 0 Å². The van der Waals surface area contributed by atoms with Gasteiger partial charge in [-0.05, 0) is 51.4 Å². The Balaban J connectivity index is 4.66. The second-order valence-electron chi connectivity index (χ2n) is 6.74. The van der Waals surface area contributed by atoms with Crippen LogP contribution in [0.4, 0.5) is 9.59 Å². The number of nitrogens with one attached hydrogen (secondary N) is 2. The van der Waals surface area contributed by atoms with Crippen molar-refractivity contribution in [2.45, 2.75) is 69.7 Å². The number of hydrogen-bond acceptors (Lipinski definition) is 4. The van der Waals surface area contributed by atoms with Crippen molar-refractivity contribution in [1.82, 2.24) is 10.6 Å². The Morgan fingerprint density at radius 2 is 1.29 bits per heavy atom. The lowest BCUT2D eigenvalue weighted by atomic mass is 9.82. The zero-order valence-corrected chi connectivity index (χ0v) is 16.8. The van der Waals surface area contributed by atoms with Gasteiger partial charge in [-0.3, -0.25) is 0 Å². The minimum Gasteiger partial charge on any atom is -0.502 e. The lowest BCUT2D eigenvalue weighted by molar-refractivity contribution is 0.159. The maximum Gasteiger partial charge on any atom is 0.405 e. The lowest BCUT2D eigenvalue weighted by Crippen LogP contribution is -2.48. The SMILES string of the molecule is C=COCCCCC(CCCCCNC(=O)O)(CCCCOC=C)NC(=O)O. The fourth-order valence-electron chi connectivity index (χ4n) is 3.21. The van der Waals surface area contributed by atoms with E-state index in [1.54, 1.807) is 0 Å². The maximum absolute atomic E-state index is 11.4. The summed E-state index contributed by atoms with van der Waals surface area (Å²) >= 11 is 0. The number of hydrogen-bond donors (Lipinski definition) is 4. The molecule has 0 aliphatic rings. The first-order chi connectivity index (χ1) is 13.5. The van der Waals surface area contributed by atoms with E-state index in [2.05, 4.69) is 23.8 Å². The summed E-state index contributed by atoms with van der Waals surface area (Å²) in [4.78, 5) is 21.9. The molecule has 0 saturated heterocycles. The van der Waals surface area contributed by atoms with Gasteiger partial charge in [0.15, 0.2) is 0 Å². The van der Waals surface area contributed by atoms with Crippen molar-refractivity contribution in [1.29, 1.82) is 0 Å². The number of rotatable bonds is 19. The second kappa shape index (κ2) is 16.8. The van der Waals surface area contributed by atoms with Gasteiger partial charge in [0.2, 0.25) is 0 Å². The van der Waals surface area contributed by atoms with Crippen LogP contribution in [-0.2, 0) is 9.47 Å². The van der Waals surface area contributed by atoms with Gasteiger partial charge in [0, 0.05) is 12.1 Å². The molecule has 0 aliphatic carbocycles. The Kier molecular flexibility index (Phi) is 15.3. The number of unbranched alkanes of at least 4 members (excludes halogenated alkanes) is 4. The molecule has 28 heavy (non-hydrogen) atoms. The number of carboxylic acid groups (broad SMARTS) is 2. The maximum atomic E-state index is 11.4. The van der Waals surface area contributed by atoms with Gasteiger partial charge in [-0.2, -0.15) is 0 Å². The van der Waals surface area contributed by atoms with E-state index in [1.165, 1.54) is 12.5 Å². The van der Waals surface area contributed by atoms with Crippen molar-refractivity contribution in [3.05, 3.63) is 25.7 Å². The van der Waals surface area contributed by atoms with Crippen LogP contribution >= 0.6 is 0 Å². The summed E-state index contributed by atoms with van der Waals surface area (Å²) in [6, 6.07) is 0. The van der Waals surface area contributed by atoms with Crippen LogP contribution in [0.3, 0.4) is 0 Å². The van der Waals surface area contributed by atoms with Gasteiger partial charge in [0.1, 0.15) is 0 Å². The van der Waals surface area contributed by atoms with Gasteiger partial charge >= 0.3 is 12.2 Å². The lowest BCUT2D eigenvalue weighted by Gasteiger charge is -2.34. The predicted molar refractivity (Wildman–Crippen MR) is 108 cm³/mol. The molecule has 0 fully saturated rings. The molecule has 162 valence electrons. The molecule has 0 aliphatic heterocycles. The van der Waals surface area contributed by atoms with Crippen molar-refractivity contribution in [2.24, 2.45) is 0 Å². The molecule has 0 saturated carbocycles. The van der Waals surface area contributed by atoms with Crippen LogP contribution in [0, 0.1) is 0 Å². The fourth-order valence-corrected chi connectivity index (χ4v) is 3.21. The monoisotopic (exact) mass is 400 g/mol. The van der Waals surface area contributed by atoms with Gasteiger partial charge in [0.25, 0.3) is 0 Å². The summed E-state index contributed by atoms with van der Waals surface area (Å²) < 4.78 is 10.3. The largest absolute Gasteiger partial charge is 0.502 e. The normalized spacial score (nSPS) is 10.7. The minimum absolute atomic E-state index is 0.409. The molecule has 8 nitrogen and oxygen atoms in total. The average molecular weight is 401 g/mol. The summed E-state index contributed by atoms with van der Waals surface area (Å²) in [5, 5.41) is 23.1. The average Bonchev–Trinajstić information content (AvgIpc) is 2.63. The second-order valence-corrected chi connectivity index (χ2v) is 6.74. The third-order valence-electron chi connectivity index (χ3n) is 4.55.